The van der Waals surface area contributed by atoms with Crippen LogP contribution >= 0.6 is 31.9 Å². The maximum Gasteiger partial charge on any atom is 0.272 e. The van der Waals surface area contributed by atoms with Gasteiger partial charge in [0.05, 0.1) is 5.69 Å². The zero-order chi connectivity index (χ0) is 20.8. The molecule has 0 saturated carbocycles. The lowest BCUT2D eigenvalue weighted by molar-refractivity contribution is -0.113. The highest BCUT2D eigenvalue weighted by atomic mass is 79.9. The van der Waals surface area contributed by atoms with E-state index in [-0.39, 0.29) is 11.3 Å². The van der Waals surface area contributed by atoms with Gasteiger partial charge >= 0.3 is 0 Å². The van der Waals surface area contributed by atoms with E-state index in [1.807, 2.05) is 6.07 Å². The van der Waals surface area contributed by atoms with E-state index in [1.165, 1.54) is 18.2 Å². The van der Waals surface area contributed by atoms with Gasteiger partial charge in [-0.05, 0) is 64.5 Å². The molecule has 0 aliphatic rings. The predicted molar refractivity (Wildman–Crippen MR) is 119 cm³/mol. The van der Waals surface area contributed by atoms with Gasteiger partial charge in [-0.3, -0.25) is 9.59 Å². The fourth-order valence-corrected chi connectivity index (χ4v) is 3.10. The molecule has 29 heavy (non-hydrogen) atoms. The van der Waals surface area contributed by atoms with Gasteiger partial charge in [-0.1, -0.05) is 46.3 Å². The third kappa shape index (κ3) is 5.62. The van der Waals surface area contributed by atoms with Gasteiger partial charge in [0, 0.05) is 20.1 Å². The second-order valence-corrected chi connectivity index (χ2v) is 7.74. The van der Waals surface area contributed by atoms with Gasteiger partial charge in [0.1, 0.15) is 11.5 Å². The molecular formula is C22H15Br2FN2O2. The van der Waals surface area contributed by atoms with Crippen molar-refractivity contribution >= 4 is 55.4 Å². The second kappa shape index (κ2) is 9.62. The monoisotopic (exact) mass is 516 g/mol. The van der Waals surface area contributed by atoms with Crippen LogP contribution in [-0.4, -0.2) is 11.8 Å². The van der Waals surface area contributed by atoms with Crippen molar-refractivity contribution in [2.24, 2.45) is 0 Å². The fraction of sp³-hybridized carbons (Fsp3) is 0. The molecule has 2 amide bonds. The molecule has 0 heterocycles. The molecule has 0 aliphatic carbocycles. The smallest absolute Gasteiger partial charge is 0.272 e. The lowest BCUT2D eigenvalue weighted by atomic mass is 10.1. The summed E-state index contributed by atoms with van der Waals surface area (Å²) < 4.78 is 15.6. The fourth-order valence-electron chi connectivity index (χ4n) is 2.45. The molecule has 146 valence electrons. The number of carbonyl (C=O) groups is 2. The molecule has 4 nitrogen and oxygen atoms in total. The van der Waals surface area contributed by atoms with Gasteiger partial charge < -0.3 is 10.6 Å². The van der Waals surface area contributed by atoms with E-state index in [2.05, 4.69) is 42.5 Å². The Labute approximate surface area is 184 Å². The summed E-state index contributed by atoms with van der Waals surface area (Å²) in [5.74, 6) is -1.57. The molecule has 0 atom stereocenters. The zero-order valence-corrected chi connectivity index (χ0v) is 18.1. The van der Waals surface area contributed by atoms with Crippen molar-refractivity contribution in [1.29, 1.82) is 0 Å². The number of nitrogens with one attached hydrogen (secondary N) is 2. The number of carbonyl (C=O) groups excluding carboxylic acids is 2. The molecule has 7 heteroatoms. The van der Waals surface area contributed by atoms with Gasteiger partial charge in [-0.15, -0.1) is 0 Å². The highest BCUT2D eigenvalue weighted by Gasteiger charge is 2.16. The highest BCUT2D eigenvalue weighted by Crippen LogP contribution is 2.22. The molecular weight excluding hydrogens is 503 g/mol. The Hall–Kier alpha value is -2.77. The van der Waals surface area contributed by atoms with Crippen molar-refractivity contribution in [3.8, 4) is 0 Å². The maximum absolute atomic E-state index is 14.1. The van der Waals surface area contributed by atoms with Crippen molar-refractivity contribution in [3.05, 3.63) is 104 Å². The van der Waals surface area contributed by atoms with Crippen LogP contribution in [0.15, 0.2) is 87.4 Å². The Bertz CT molecular complexity index is 1080. The third-order valence-corrected chi connectivity index (χ3v) is 5.15. The Kier molecular flexibility index (Phi) is 6.95. The predicted octanol–water partition coefficient (Wildman–Crippen LogP) is 5.76. The topological polar surface area (TPSA) is 58.2 Å². The SMILES string of the molecule is O=C(Nc1ccccc1Br)C(=Cc1ccccc1F)NC(=O)c1ccc(Br)cc1. The molecule has 0 saturated heterocycles. The molecule has 0 radical (unpaired) electrons. The third-order valence-electron chi connectivity index (χ3n) is 3.93. The summed E-state index contributed by atoms with van der Waals surface area (Å²) in [6, 6.07) is 19.7. The summed E-state index contributed by atoms with van der Waals surface area (Å²) in [6.45, 7) is 0. The van der Waals surface area contributed by atoms with Gasteiger partial charge in [0.2, 0.25) is 0 Å². The number of anilines is 1. The first-order chi connectivity index (χ1) is 13.9. The summed E-state index contributed by atoms with van der Waals surface area (Å²) in [5, 5.41) is 5.30. The quantitative estimate of drug-likeness (QED) is 0.423. The summed E-state index contributed by atoms with van der Waals surface area (Å²) in [7, 11) is 0. The largest absolute Gasteiger partial charge is 0.320 e. The average Bonchev–Trinajstić information content (AvgIpc) is 2.71. The van der Waals surface area contributed by atoms with E-state index < -0.39 is 17.6 Å². The van der Waals surface area contributed by atoms with Crippen molar-refractivity contribution in [2.75, 3.05) is 5.32 Å². The number of hydrogen-bond acceptors (Lipinski definition) is 2. The Morgan fingerprint density at radius 1 is 0.862 bits per heavy atom. The van der Waals surface area contributed by atoms with E-state index in [4.69, 9.17) is 0 Å². The summed E-state index contributed by atoms with van der Waals surface area (Å²) in [6.07, 6.45) is 1.30. The molecule has 3 rings (SSSR count). The van der Waals surface area contributed by atoms with E-state index in [0.717, 1.165) is 4.47 Å². The van der Waals surface area contributed by atoms with Gasteiger partial charge in [0.25, 0.3) is 11.8 Å². The number of halogens is 3. The van der Waals surface area contributed by atoms with E-state index in [0.29, 0.717) is 15.7 Å². The molecule has 3 aromatic carbocycles. The molecule has 0 bridgehead atoms. The van der Waals surface area contributed by atoms with Crippen LogP contribution in [0.25, 0.3) is 6.08 Å². The first kappa shape index (κ1) is 21.0. The Balaban J connectivity index is 1.92. The van der Waals surface area contributed by atoms with Crippen LogP contribution in [0.2, 0.25) is 0 Å². The molecule has 0 fully saturated rings. The highest BCUT2D eigenvalue weighted by molar-refractivity contribution is 9.10. The number of hydrogen-bond donors (Lipinski definition) is 2. The standard InChI is InChI=1S/C22H15Br2FN2O2/c23-16-11-9-14(10-12-16)21(28)27-20(13-15-5-1-3-7-18(15)25)22(29)26-19-8-4-2-6-17(19)24/h1-13H,(H,26,29)(H,27,28). The molecule has 3 aromatic rings. The van der Waals surface area contributed by atoms with Crippen LogP contribution in [0.5, 0.6) is 0 Å². The Morgan fingerprint density at radius 3 is 2.21 bits per heavy atom. The van der Waals surface area contributed by atoms with Crippen LogP contribution in [-0.2, 0) is 4.79 Å². The van der Waals surface area contributed by atoms with E-state index in [9.17, 15) is 14.0 Å². The van der Waals surface area contributed by atoms with Crippen molar-refractivity contribution < 1.29 is 14.0 Å². The molecule has 0 spiro atoms. The molecule has 0 aliphatic heterocycles. The number of rotatable bonds is 5. The van der Waals surface area contributed by atoms with Gasteiger partial charge in [-0.2, -0.15) is 0 Å². The average molecular weight is 518 g/mol. The second-order valence-electron chi connectivity index (χ2n) is 5.97. The number of amides is 2. The van der Waals surface area contributed by atoms with E-state index >= 15 is 0 Å². The van der Waals surface area contributed by atoms with Crippen LogP contribution in [0, 0.1) is 5.82 Å². The van der Waals surface area contributed by atoms with Gasteiger partial charge in [0.15, 0.2) is 0 Å². The number of para-hydroxylation sites is 1. The zero-order valence-electron chi connectivity index (χ0n) is 15.0. The molecule has 2 N–H and O–H groups in total. The molecule has 0 aromatic heterocycles. The van der Waals surface area contributed by atoms with Crippen LogP contribution < -0.4 is 10.6 Å². The first-order valence-corrected chi connectivity index (χ1v) is 10.1. The normalized spacial score (nSPS) is 11.1. The molecule has 0 unspecified atom stereocenters. The van der Waals surface area contributed by atoms with Crippen LogP contribution in [0.4, 0.5) is 10.1 Å². The van der Waals surface area contributed by atoms with Gasteiger partial charge in [-0.25, -0.2) is 4.39 Å². The van der Waals surface area contributed by atoms with Crippen LogP contribution in [0.3, 0.4) is 0 Å². The first-order valence-electron chi connectivity index (χ1n) is 8.53. The minimum absolute atomic E-state index is 0.0845. The maximum atomic E-state index is 14.1. The lowest BCUT2D eigenvalue weighted by Crippen LogP contribution is -2.30. The summed E-state index contributed by atoms with van der Waals surface area (Å²) >= 11 is 6.67. The summed E-state index contributed by atoms with van der Waals surface area (Å²) in [5.41, 5.74) is 0.982. The van der Waals surface area contributed by atoms with Crippen molar-refractivity contribution in [2.45, 2.75) is 0 Å². The minimum Gasteiger partial charge on any atom is -0.320 e. The van der Waals surface area contributed by atoms with E-state index in [1.54, 1.807) is 54.6 Å². The summed E-state index contributed by atoms with van der Waals surface area (Å²) in [4.78, 5) is 25.5. The minimum atomic E-state index is -0.578. The number of benzene rings is 3. The lowest BCUT2D eigenvalue weighted by Gasteiger charge is -2.12. The van der Waals surface area contributed by atoms with Crippen molar-refractivity contribution in [1.82, 2.24) is 5.32 Å². The Morgan fingerprint density at radius 2 is 1.52 bits per heavy atom. The van der Waals surface area contributed by atoms with Crippen LogP contribution in [0.1, 0.15) is 15.9 Å². The van der Waals surface area contributed by atoms with Crippen molar-refractivity contribution in [3.63, 3.8) is 0 Å².